The molecule has 0 radical (unpaired) electrons. The van der Waals surface area contributed by atoms with Crippen LogP contribution in [0, 0.1) is 166 Å². The molecule has 0 N–H and O–H groups in total. The molecule has 0 aromatic carbocycles. The van der Waals surface area contributed by atoms with Crippen LogP contribution in [0.1, 0.15) is 116 Å². The predicted molar refractivity (Wildman–Crippen MR) is 181 cm³/mol. The van der Waals surface area contributed by atoms with Gasteiger partial charge in [-0.15, -0.1) is 0 Å². The lowest BCUT2D eigenvalue weighted by atomic mass is 9.21. The van der Waals surface area contributed by atoms with E-state index in [0.717, 1.165) is 0 Å². The van der Waals surface area contributed by atoms with E-state index in [2.05, 4.69) is 0 Å². The van der Waals surface area contributed by atoms with Crippen molar-refractivity contribution in [3.63, 3.8) is 0 Å². The summed E-state index contributed by atoms with van der Waals surface area (Å²) >= 11 is 0. The van der Waals surface area contributed by atoms with E-state index in [-0.39, 0.29) is 0 Å². The molecule has 15 saturated carbocycles. The van der Waals surface area contributed by atoms with Gasteiger partial charge in [0.1, 0.15) is 0 Å². The summed E-state index contributed by atoms with van der Waals surface area (Å²) in [5.74, 6) is 33.9. The van der Waals surface area contributed by atoms with Crippen LogP contribution in [-0.4, -0.2) is 0 Å². The third kappa shape index (κ3) is 2.60. The van der Waals surface area contributed by atoms with Gasteiger partial charge >= 0.3 is 0 Å². The van der Waals surface area contributed by atoms with E-state index in [1.807, 2.05) is 0 Å². The Hall–Kier alpha value is 0. The molecule has 248 valence electrons. The molecule has 15 aliphatic rings. The largest absolute Gasteiger partial charge is 0.0527 e. The van der Waals surface area contributed by atoms with Crippen molar-refractivity contribution in [2.75, 3.05) is 0 Å². The molecule has 0 heteroatoms. The van der Waals surface area contributed by atoms with E-state index in [0.29, 0.717) is 0 Å². The maximum Gasteiger partial charge on any atom is -0.0312 e. The minimum absolute atomic E-state index is 1.17. The SMILES string of the molecule is C1CC2CC3CCC4CCC5C6CCC7CCC8CC9CCCC%10C%11CCC%12C(C1)C2C1C3C4C5C2C1C%12C%11C1C(C9%10)C8C7C6C12. The topological polar surface area (TPSA) is 0 Å². The van der Waals surface area contributed by atoms with Gasteiger partial charge in [-0.25, -0.2) is 0 Å². The van der Waals surface area contributed by atoms with Crippen LogP contribution in [-0.2, 0) is 0 Å². The highest BCUT2D eigenvalue weighted by Gasteiger charge is 2.80. The summed E-state index contributed by atoms with van der Waals surface area (Å²) in [5.41, 5.74) is 0. The minimum Gasteiger partial charge on any atom is -0.0527 e. The van der Waals surface area contributed by atoms with Gasteiger partial charge in [0.25, 0.3) is 0 Å². The third-order valence-corrected chi connectivity index (χ3v) is 23.7. The molecule has 28 atom stereocenters. The van der Waals surface area contributed by atoms with Crippen molar-refractivity contribution < 1.29 is 0 Å². The molecule has 0 spiro atoms. The average Bonchev–Trinajstić information content (AvgIpc) is 3.11. The summed E-state index contributed by atoms with van der Waals surface area (Å²) in [6, 6.07) is 0. The van der Waals surface area contributed by atoms with Crippen LogP contribution < -0.4 is 0 Å². The Morgan fingerprint density at radius 2 is 0.457 bits per heavy atom. The number of hydrogen-bond acceptors (Lipinski definition) is 0. The van der Waals surface area contributed by atoms with Crippen molar-refractivity contribution in [2.45, 2.75) is 116 Å². The first-order valence-electron chi connectivity index (χ1n) is 22.8. The van der Waals surface area contributed by atoms with Crippen molar-refractivity contribution in [2.24, 2.45) is 166 Å². The maximum absolute atomic E-state index is 1.72. The van der Waals surface area contributed by atoms with Crippen molar-refractivity contribution in [3.05, 3.63) is 0 Å². The molecule has 0 aromatic heterocycles. The summed E-state index contributed by atoms with van der Waals surface area (Å²) in [4.78, 5) is 0. The van der Waals surface area contributed by atoms with Gasteiger partial charge in [0.2, 0.25) is 0 Å². The number of fused-ring (bicyclic) bond motifs is 3. The molecule has 15 aliphatic carbocycles. The van der Waals surface area contributed by atoms with Crippen LogP contribution in [0.3, 0.4) is 0 Å². The van der Waals surface area contributed by atoms with Gasteiger partial charge in [-0.1, -0.05) is 25.7 Å². The van der Waals surface area contributed by atoms with E-state index in [4.69, 9.17) is 0 Å². The van der Waals surface area contributed by atoms with E-state index in [1.54, 1.807) is 116 Å². The highest BCUT2D eigenvalue weighted by atomic mass is 14.8. The standard InChI is InChI=1S/C46H64/c1-3-21-17-23-9-7-19-11-13-27-28-14-12-20-8-10-24-18-22-4-2-6-26-30-16-15-29-25(5-1)31(21)41-35(23)33(19)37(27)43-44-38(28)34(20)36(24)42(32(22)26)46(44)40(30)39(29)45(41)43/h19-46H,1-18H2. The fourth-order valence-electron chi connectivity index (χ4n) is 24.5. The summed E-state index contributed by atoms with van der Waals surface area (Å²) < 4.78 is 0. The van der Waals surface area contributed by atoms with Crippen LogP contribution in [0.25, 0.3) is 0 Å². The molecule has 0 bridgehead atoms. The molecule has 15 rings (SSSR count). The molecule has 46 heavy (non-hydrogen) atoms. The summed E-state index contributed by atoms with van der Waals surface area (Å²) in [6.45, 7) is 0. The van der Waals surface area contributed by atoms with E-state index in [9.17, 15) is 0 Å². The lowest BCUT2D eigenvalue weighted by molar-refractivity contribution is -0.363. The summed E-state index contributed by atoms with van der Waals surface area (Å²) in [6.07, 6.45) is 30.4. The fourth-order valence-corrected chi connectivity index (χ4v) is 24.5. The Balaban J connectivity index is 1.02. The molecule has 0 heterocycles. The van der Waals surface area contributed by atoms with Gasteiger partial charge < -0.3 is 0 Å². The lowest BCUT2D eigenvalue weighted by Gasteiger charge is -2.84. The predicted octanol–water partition coefficient (Wildman–Crippen LogP) is 10.5. The molecule has 0 nitrogen and oxygen atoms in total. The molecule has 0 amide bonds. The van der Waals surface area contributed by atoms with Gasteiger partial charge in [0.15, 0.2) is 0 Å². The first-order chi connectivity index (χ1) is 22.8. The van der Waals surface area contributed by atoms with E-state index >= 15 is 0 Å². The Labute approximate surface area is 280 Å². The second-order valence-corrected chi connectivity index (χ2v) is 23.0. The van der Waals surface area contributed by atoms with Crippen LogP contribution in [0.5, 0.6) is 0 Å². The van der Waals surface area contributed by atoms with Gasteiger partial charge in [-0.05, 0) is 256 Å². The van der Waals surface area contributed by atoms with E-state index < -0.39 is 0 Å². The van der Waals surface area contributed by atoms with Crippen molar-refractivity contribution in [1.29, 1.82) is 0 Å². The van der Waals surface area contributed by atoms with Crippen LogP contribution in [0.2, 0.25) is 0 Å². The van der Waals surface area contributed by atoms with Gasteiger partial charge in [-0.2, -0.15) is 0 Å². The second kappa shape index (κ2) is 8.37. The molecule has 0 aliphatic heterocycles. The molecule has 15 fully saturated rings. The van der Waals surface area contributed by atoms with Gasteiger partial charge in [0, 0.05) is 0 Å². The molecule has 0 aromatic rings. The zero-order chi connectivity index (χ0) is 28.9. The fraction of sp³-hybridized carbons (Fsp3) is 1.00. The number of rotatable bonds is 0. The molecule has 0 saturated heterocycles. The number of hydrogen-bond donors (Lipinski definition) is 0. The zero-order valence-corrected chi connectivity index (χ0v) is 28.9. The Kier molecular flexibility index (Phi) is 4.71. The normalized spacial score (nSPS) is 75.1. The Morgan fingerprint density at radius 1 is 0.174 bits per heavy atom. The van der Waals surface area contributed by atoms with E-state index in [1.165, 1.54) is 166 Å². The smallest absolute Gasteiger partial charge is 0.0312 e. The maximum atomic E-state index is 1.72. The minimum atomic E-state index is 1.17. The second-order valence-electron chi connectivity index (χ2n) is 23.0. The average molecular weight is 617 g/mol. The third-order valence-electron chi connectivity index (χ3n) is 23.7. The Morgan fingerprint density at radius 3 is 0.913 bits per heavy atom. The van der Waals surface area contributed by atoms with Crippen molar-refractivity contribution >= 4 is 0 Å². The molecule has 28 unspecified atom stereocenters. The molecular weight excluding hydrogens is 553 g/mol. The van der Waals surface area contributed by atoms with Crippen molar-refractivity contribution in [1.82, 2.24) is 0 Å². The van der Waals surface area contributed by atoms with Crippen molar-refractivity contribution in [3.8, 4) is 0 Å². The van der Waals surface area contributed by atoms with Crippen LogP contribution >= 0.6 is 0 Å². The Bertz CT molecular complexity index is 1260. The van der Waals surface area contributed by atoms with Crippen LogP contribution in [0.4, 0.5) is 0 Å². The first-order valence-corrected chi connectivity index (χ1v) is 22.8. The summed E-state index contributed by atoms with van der Waals surface area (Å²) in [7, 11) is 0. The first kappa shape index (κ1) is 25.9. The zero-order valence-electron chi connectivity index (χ0n) is 28.9. The van der Waals surface area contributed by atoms with Gasteiger partial charge in [-0.3, -0.25) is 0 Å². The molecular formula is C46H64. The lowest BCUT2D eigenvalue weighted by Crippen LogP contribution is -2.79. The highest BCUT2D eigenvalue weighted by Crippen LogP contribution is 2.85. The highest BCUT2D eigenvalue weighted by molar-refractivity contribution is 5.28. The summed E-state index contributed by atoms with van der Waals surface area (Å²) in [5, 5.41) is 0. The quantitative estimate of drug-likeness (QED) is 0.254. The monoisotopic (exact) mass is 617 g/mol. The van der Waals surface area contributed by atoms with Crippen LogP contribution in [0.15, 0.2) is 0 Å². The van der Waals surface area contributed by atoms with Gasteiger partial charge in [0.05, 0.1) is 0 Å².